The molecule has 0 aliphatic heterocycles. The average molecular weight is 353 g/mol. The van der Waals surface area contributed by atoms with Crippen LogP contribution in [0.2, 0.25) is 0 Å². The van der Waals surface area contributed by atoms with E-state index in [1.54, 1.807) is 0 Å². The summed E-state index contributed by atoms with van der Waals surface area (Å²) in [5.41, 5.74) is 0.919. The highest BCUT2D eigenvalue weighted by Gasteiger charge is 2.30. The summed E-state index contributed by atoms with van der Waals surface area (Å²) >= 11 is 3.02. The molecule has 7 heteroatoms. The maximum absolute atomic E-state index is 14.1. The third-order valence-corrected chi connectivity index (χ3v) is 5.90. The van der Waals surface area contributed by atoms with Crippen molar-refractivity contribution in [2.45, 2.75) is 31.4 Å². The molecule has 0 saturated carbocycles. The van der Waals surface area contributed by atoms with Crippen LogP contribution in [0, 0.1) is 5.95 Å². The molecule has 0 spiro atoms. The van der Waals surface area contributed by atoms with E-state index in [1.807, 2.05) is 51.1 Å². The molecule has 2 aromatic rings. The van der Waals surface area contributed by atoms with E-state index in [0.717, 1.165) is 17.1 Å². The molecule has 0 aliphatic rings. The van der Waals surface area contributed by atoms with E-state index < -0.39 is 5.95 Å². The van der Waals surface area contributed by atoms with Crippen molar-refractivity contribution in [2.24, 2.45) is 0 Å². The number of aromatic nitrogens is 3. The zero-order valence-corrected chi connectivity index (χ0v) is 15.0. The third-order valence-electron chi connectivity index (χ3n) is 3.39. The van der Waals surface area contributed by atoms with E-state index >= 15 is 0 Å². The number of benzene rings is 1. The standard InChI is InChI=1S/C16H20FN3OS2/c1-4-22-16(23-5-2)14(21)13-15(17)18-19-20(13)11(3)12-9-7-6-8-10-12/h6-11,16H,4-5H2,1-3H3/t11-/m1/s1. The van der Waals surface area contributed by atoms with Crippen LogP contribution in [0.1, 0.15) is 42.9 Å². The van der Waals surface area contributed by atoms with Crippen molar-refractivity contribution >= 4 is 29.3 Å². The second-order valence-electron chi connectivity index (χ2n) is 4.87. The maximum atomic E-state index is 14.1. The van der Waals surface area contributed by atoms with Crippen LogP contribution in [0.3, 0.4) is 0 Å². The lowest BCUT2D eigenvalue weighted by atomic mass is 10.1. The normalized spacial score (nSPS) is 12.6. The molecule has 0 N–H and O–H groups in total. The van der Waals surface area contributed by atoms with Crippen LogP contribution in [0.5, 0.6) is 0 Å². The number of hydrogen-bond donors (Lipinski definition) is 0. The molecule has 0 unspecified atom stereocenters. The minimum Gasteiger partial charge on any atom is -0.290 e. The van der Waals surface area contributed by atoms with Gasteiger partial charge in [-0.2, -0.15) is 4.39 Å². The summed E-state index contributed by atoms with van der Waals surface area (Å²) in [5.74, 6) is 0.534. The van der Waals surface area contributed by atoms with Gasteiger partial charge in [-0.15, -0.1) is 23.5 Å². The van der Waals surface area contributed by atoms with Gasteiger partial charge < -0.3 is 0 Å². The maximum Gasteiger partial charge on any atom is 0.263 e. The first-order valence-corrected chi connectivity index (χ1v) is 9.62. The molecule has 1 aromatic heterocycles. The van der Waals surface area contributed by atoms with Gasteiger partial charge in [-0.3, -0.25) is 4.79 Å². The largest absolute Gasteiger partial charge is 0.290 e. The first-order valence-electron chi connectivity index (χ1n) is 7.53. The summed E-state index contributed by atoms with van der Waals surface area (Å²) in [7, 11) is 0. The molecular weight excluding hydrogens is 333 g/mol. The van der Waals surface area contributed by atoms with Crippen molar-refractivity contribution in [3.63, 3.8) is 0 Å². The molecule has 0 amide bonds. The first kappa shape index (κ1) is 18.0. The molecule has 1 atom stereocenters. The summed E-state index contributed by atoms with van der Waals surface area (Å²) in [5, 5.41) is 7.36. The lowest BCUT2D eigenvalue weighted by Gasteiger charge is -2.17. The van der Waals surface area contributed by atoms with E-state index in [-0.39, 0.29) is 22.1 Å². The van der Waals surface area contributed by atoms with Gasteiger partial charge in [0.1, 0.15) is 4.58 Å². The van der Waals surface area contributed by atoms with Crippen LogP contribution in [0.25, 0.3) is 0 Å². The number of rotatable bonds is 8. The summed E-state index contributed by atoms with van der Waals surface area (Å²) < 4.78 is 15.2. The van der Waals surface area contributed by atoms with Crippen molar-refractivity contribution in [3.8, 4) is 0 Å². The molecule has 1 aromatic carbocycles. The van der Waals surface area contributed by atoms with Crippen molar-refractivity contribution in [2.75, 3.05) is 11.5 Å². The van der Waals surface area contributed by atoms with Gasteiger partial charge in [0, 0.05) is 0 Å². The molecule has 0 aliphatic carbocycles. The Kier molecular flexibility index (Phi) is 6.65. The predicted molar refractivity (Wildman–Crippen MR) is 94.6 cm³/mol. The second kappa shape index (κ2) is 8.49. The summed E-state index contributed by atoms with van der Waals surface area (Å²) in [4.78, 5) is 12.8. The smallest absolute Gasteiger partial charge is 0.263 e. The van der Waals surface area contributed by atoms with E-state index in [0.29, 0.717) is 0 Å². The summed E-state index contributed by atoms with van der Waals surface area (Å²) in [6.07, 6.45) is 0. The number of carbonyl (C=O) groups excluding carboxylic acids is 1. The average Bonchev–Trinajstić information content (AvgIpc) is 2.95. The monoisotopic (exact) mass is 353 g/mol. The van der Waals surface area contributed by atoms with Gasteiger partial charge >= 0.3 is 0 Å². The minimum atomic E-state index is -0.795. The Morgan fingerprint density at radius 3 is 2.39 bits per heavy atom. The van der Waals surface area contributed by atoms with Crippen LogP contribution in [-0.2, 0) is 0 Å². The van der Waals surface area contributed by atoms with Crippen molar-refractivity contribution in [3.05, 3.63) is 47.5 Å². The second-order valence-corrected chi connectivity index (χ2v) is 7.93. The van der Waals surface area contributed by atoms with E-state index in [1.165, 1.54) is 28.2 Å². The summed E-state index contributed by atoms with van der Waals surface area (Å²) in [6.45, 7) is 5.86. The van der Waals surface area contributed by atoms with Gasteiger partial charge in [-0.25, -0.2) is 4.68 Å². The van der Waals surface area contributed by atoms with E-state index in [9.17, 15) is 9.18 Å². The fourth-order valence-electron chi connectivity index (χ4n) is 2.25. The Labute approximate surface area is 144 Å². The fourth-order valence-corrected chi connectivity index (χ4v) is 4.58. The van der Waals surface area contributed by atoms with Crippen LogP contribution in [0.15, 0.2) is 30.3 Å². The van der Waals surface area contributed by atoms with Crippen LogP contribution in [0.4, 0.5) is 4.39 Å². The van der Waals surface area contributed by atoms with Gasteiger partial charge in [-0.05, 0) is 24.0 Å². The molecule has 0 radical (unpaired) electrons. The molecule has 23 heavy (non-hydrogen) atoms. The summed E-state index contributed by atoms with van der Waals surface area (Å²) in [6, 6.07) is 9.32. The van der Waals surface area contributed by atoms with Crippen molar-refractivity contribution < 1.29 is 9.18 Å². The molecule has 0 bridgehead atoms. The zero-order valence-electron chi connectivity index (χ0n) is 13.4. The molecule has 2 rings (SSSR count). The lowest BCUT2D eigenvalue weighted by molar-refractivity contribution is 0.0994. The number of nitrogens with zero attached hydrogens (tertiary/aromatic N) is 3. The highest BCUT2D eigenvalue weighted by molar-refractivity contribution is 8.18. The Balaban J connectivity index is 2.36. The molecule has 0 fully saturated rings. The Bertz CT molecular complexity index is 642. The Morgan fingerprint density at radius 1 is 1.22 bits per heavy atom. The zero-order chi connectivity index (χ0) is 16.8. The van der Waals surface area contributed by atoms with Crippen molar-refractivity contribution in [1.29, 1.82) is 0 Å². The number of hydrogen-bond acceptors (Lipinski definition) is 5. The quantitative estimate of drug-likeness (QED) is 0.529. The van der Waals surface area contributed by atoms with E-state index in [2.05, 4.69) is 10.3 Å². The number of carbonyl (C=O) groups is 1. The van der Waals surface area contributed by atoms with Crippen LogP contribution < -0.4 is 0 Å². The van der Waals surface area contributed by atoms with Crippen molar-refractivity contribution in [1.82, 2.24) is 15.0 Å². The SMILES string of the molecule is CCSC(SCC)C(=O)c1c(F)nnn1[C@H](C)c1ccccc1. The number of ketones is 1. The molecule has 0 saturated heterocycles. The molecular formula is C16H20FN3OS2. The van der Waals surface area contributed by atoms with Gasteiger partial charge in [0.25, 0.3) is 5.95 Å². The predicted octanol–water partition coefficient (Wildman–Crippen LogP) is 4.04. The molecule has 4 nitrogen and oxygen atoms in total. The highest BCUT2D eigenvalue weighted by Crippen LogP contribution is 2.29. The Hall–Kier alpha value is -1.34. The van der Waals surface area contributed by atoms with Crippen LogP contribution >= 0.6 is 23.5 Å². The topological polar surface area (TPSA) is 47.8 Å². The van der Waals surface area contributed by atoms with Gasteiger partial charge in [0.15, 0.2) is 5.69 Å². The molecule has 124 valence electrons. The fraction of sp³-hybridized carbons (Fsp3) is 0.438. The number of thioether (sulfide) groups is 2. The third kappa shape index (κ3) is 4.14. The highest BCUT2D eigenvalue weighted by atomic mass is 32.2. The lowest BCUT2D eigenvalue weighted by Crippen LogP contribution is -2.23. The minimum absolute atomic E-state index is 0.0340. The Morgan fingerprint density at radius 2 is 1.83 bits per heavy atom. The van der Waals surface area contributed by atoms with Gasteiger partial charge in [-0.1, -0.05) is 54.5 Å². The van der Waals surface area contributed by atoms with Gasteiger partial charge in [0.2, 0.25) is 5.78 Å². The number of Topliss-reactive ketones (excluding diaryl/α,β-unsaturated/α-hetero) is 1. The van der Waals surface area contributed by atoms with E-state index in [4.69, 9.17) is 0 Å². The van der Waals surface area contributed by atoms with Gasteiger partial charge in [0.05, 0.1) is 6.04 Å². The first-order chi connectivity index (χ1) is 11.1. The molecule has 1 heterocycles. The van der Waals surface area contributed by atoms with Crippen LogP contribution in [-0.4, -0.2) is 36.9 Å². The number of halogens is 1.